The quantitative estimate of drug-likeness (QED) is 0.832. The lowest BCUT2D eigenvalue weighted by molar-refractivity contribution is -0.139. The first-order chi connectivity index (χ1) is 8.40. The highest BCUT2D eigenvalue weighted by molar-refractivity contribution is 6.30. The van der Waals surface area contributed by atoms with E-state index >= 15 is 0 Å². The molecule has 0 radical (unpaired) electrons. The second-order valence-corrected chi connectivity index (χ2v) is 4.86. The molecule has 0 aliphatic rings. The Balaban J connectivity index is 2.61. The Labute approximate surface area is 112 Å². The van der Waals surface area contributed by atoms with E-state index in [4.69, 9.17) is 16.7 Å². The second-order valence-electron chi connectivity index (χ2n) is 4.42. The van der Waals surface area contributed by atoms with Crippen molar-refractivity contribution in [1.82, 2.24) is 4.90 Å². The van der Waals surface area contributed by atoms with Crippen LogP contribution in [0.5, 0.6) is 0 Å². The molecule has 1 rings (SSSR count). The van der Waals surface area contributed by atoms with Crippen LogP contribution in [0.2, 0.25) is 5.02 Å². The summed E-state index contributed by atoms with van der Waals surface area (Å²) < 4.78 is 0. The number of aliphatic hydroxyl groups is 1. The number of benzene rings is 1. The van der Waals surface area contributed by atoms with E-state index in [0.29, 0.717) is 11.6 Å². The summed E-state index contributed by atoms with van der Waals surface area (Å²) in [4.78, 5) is 12.4. The van der Waals surface area contributed by atoms with E-state index in [1.54, 1.807) is 6.07 Å². The van der Waals surface area contributed by atoms with Crippen molar-refractivity contribution in [3.63, 3.8) is 0 Å². The highest BCUT2D eigenvalue weighted by Gasteiger charge is 2.17. The van der Waals surface area contributed by atoms with Crippen LogP contribution < -0.4 is 0 Å². The Bertz CT molecular complexity index is 411. The zero-order valence-corrected chi connectivity index (χ0v) is 11.3. The van der Waals surface area contributed by atoms with Crippen LogP contribution in [0.25, 0.3) is 0 Å². The van der Waals surface area contributed by atoms with Gasteiger partial charge in [0.25, 0.3) is 0 Å². The molecule has 2 atom stereocenters. The topological polar surface area (TPSA) is 60.8 Å². The fourth-order valence-electron chi connectivity index (χ4n) is 1.78. The normalized spacial score (nSPS) is 14.5. The molecule has 0 heterocycles. The van der Waals surface area contributed by atoms with Gasteiger partial charge in [-0.1, -0.05) is 23.7 Å². The van der Waals surface area contributed by atoms with Gasteiger partial charge in [0.2, 0.25) is 0 Å². The molecular formula is C13H18ClNO3. The molecule has 0 aromatic heterocycles. The van der Waals surface area contributed by atoms with E-state index in [2.05, 4.69) is 0 Å². The fourth-order valence-corrected chi connectivity index (χ4v) is 1.98. The van der Waals surface area contributed by atoms with Crippen LogP contribution in [-0.4, -0.2) is 40.8 Å². The minimum Gasteiger partial charge on any atom is -0.481 e. The van der Waals surface area contributed by atoms with Gasteiger partial charge in [-0.05, 0) is 31.7 Å². The van der Waals surface area contributed by atoms with Crippen LogP contribution in [0.1, 0.15) is 24.9 Å². The summed E-state index contributed by atoms with van der Waals surface area (Å²) in [5, 5.41) is 18.9. The summed E-state index contributed by atoms with van der Waals surface area (Å²) in [6.45, 7) is 2.29. The molecule has 2 unspecified atom stereocenters. The first-order valence-corrected chi connectivity index (χ1v) is 6.13. The molecule has 0 aliphatic carbocycles. The molecule has 4 nitrogen and oxygen atoms in total. The number of halogens is 1. The Kier molecular flexibility index (Phi) is 5.59. The summed E-state index contributed by atoms with van der Waals surface area (Å²) >= 11 is 5.92. The molecule has 0 fully saturated rings. The van der Waals surface area contributed by atoms with E-state index in [1.165, 1.54) is 0 Å². The van der Waals surface area contributed by atoms with Crippen LogP contribution in [0.3, 0.4) is 0 Å². The zero-order valence-electron chi connectivity index (χ0n) is 10.5. The van der Waals surface area contributed by atoms with Crippen molar-refractivity contribution >= 4 is 17.6 Å². The average molecular weight is 272 g/mol. The lowest BCUT2D eigenvalue weighted by Crippen LogP contribution is -2.32. The molecule has 2 N–H and O–H groups in total. The zero-order chi connectivity index (χ0) is 13.7. The Morgan fingerprint density at radius 3 is 2.72 bits per heavy atom. The van der Waals surface area contributed by atoms with Gasteiger partial charge < -0.3 is 10.2 Å². The van der Waals surface area contributed by atoms with E-state index < -0.39 is 12.1 Å². The largest absolute Gasteiger partial charge is 0.481 e. The molecule has 18 heavy (non-hydrogen) atoms. The lowest BCUT2D eigenvalue weighted by Gasteiger charge is -2.27. The first kappa shape index (κ1) is 15.0. The van der Waals surface area contributed by atoms with Crippen LogP contribution in [0, 0.1) is 0 Å². The number of hydrogen-bond donors (Lipinski definition) is 2. The summed E-state index contributed by atoms with van der Waals surface area (Å²) in [6.07, 6.45) is -1.11. The standard InChI is InChI=1S/C13H18ClNO3/c1-9(10-4-3-5-11(14)6-10)15(2)8-12(16)7-13(17)18/h3-6,9,12,16H,7-8H2,1-2H3,(H,17,18). The Morgan fingerprint density at radius 2 is 2.17 bits per heavy atom. The minimum atomic E-state index is -0.994. The number of carboxylic acids is 1. The molecule has 5 heteroatoms. The van der Waals surface area contributed by atoms with Gasteiger partial charge in [0.15, 0.2) is 0 Å². The van der Waals surface area contributed by atoms with Gasteiger partial charge >= 0.3 is 5.97 Å². The van der Waals surface area contributed by atoms with Crippen molar-refractivity contribution < 1.29 is 15.0 Å². The summed E-state index contributed by atoms with van der Waals surface area (Å²) in [5.74, 6) is -0.994. The SMILES string of the molecule is CC(c1cccc(Cl)c1)N(C)CC(O)CC(=O)O. The number of likely N-dealkylation sites (N-methyl/N-ethyl adjacent to an activating group) is 1. The van der Waals surface area contributed by atoms with E-state index in [-0.39, 0.29) is 12.5 Å². The monoisotopic (exact) mass is 271 g/mol. The Morgan fingerprint density at radius 1 is 1.50 bits per heavy atom. The molecule has 1 aromatic carbocycles. The van der Waals surface area contributed by atoms with Crippen molar-refractivity contribution in [1.29, 1.82) is 0 Å². The Hall–Kier alpha value is -1.10. The van der Waals surface area contributed by atoms with Crippen LogP contribution in [0.15, 0.2) is 24.3 Å². The molecule has 0 amide bonds. The van der Waals surface area contributed by atoms with Crippen LogP contribution in [-0.2, 0) is 4.79 Å². The molecule has 100 valence electrons. The van der Waals surface area contributed by atoms with Gasteiger partial charge in [0, 0.05) is 17.6 Å². The number of carboxylic acid groups (broad SMARTS) is 1. The number of nitrogens with zero attached hydrogens (tertiary/aromatic N) is 1. The van der Waals surface area contributed by atoms with E-state index in [0.717, 1.165) is 5.56 Å². The lowest BCUT2D eigenvalue weighted by atomic mass is 10.1. The number of hydrogen-bond acceptors (Lipinski definition) is 3. The maximum absolute atomic E-state index is 10.5. The molecule has 1 aromatic rings. The number of aliphatic hydroxyl groups excluding tert-OH is 1. The maximum Gasteiger partial charge on any atom is 0.306 e. The molecule has 0 spiro atoms. The smallest absolute Gasteiger partial charge is 0.306 e. The van der Waals surface area contributed by atoms with Crippen LogP contribution in [0.4, 0.5) is 0 Å². The van der Waals surface area contributed by atoms with Gasteiger partial charge in [0.1, 0.15) is 0 Å². The average Bonchev–Trinajstić information content (AvgIpc) is 2.26. The highest BCUT2D eigenvalue weighted by Crippen LogP contribution is 2.22. The van der Waals surface area contributed by atoms with E-state index in [9.17, 15) is 9.90 Å². The van der Waals surface area contributed by atoms with Crippen molar-refractivity contribution in [3.05, 3.63) is 34.9 Å². The third kappa shape index (κ3) is 4.64. The van der Waals surface area contributed by atoms with Gasteiger partial charge in [0.05, 0.1) is 12.5 Å². The van der Waals surface area contributed by atoms with E-state index in [1.807, 2.05) is 37.1 Å². The van der Waals surface area contributed by atoms with Crippen molar-refractivity contribution in [2.24, 2.45) is 0 Å². The summed E-state index contributed by atoms with van der Waals surface area (Å²) in [5.41, 5.74) is 1.03. The fraction of sp³-hybridized carbons (Fsp3) is 0.462. The summed E-state index contributed by atoms with van der Waals surface area (Å²) in [6, 6.07) is 7.56. The molecule has 0 bridgehead atoms. The predicted molar refractivity (Wildman–Crippen MR) is 70.8 cm³/mol. The summed E-state index contributed by atoms with van der Waals surface area (Å²) in [7, 11) is 1.84. The van der Waals surface area contributed by atoms with Crippen molar-refractivity contribution in [2.75, 3.05) is 13.6 Å². The van der Waals surface area contributed by atoms with Crippen molar-refractivity contribution in [3.8, 4) is 0 Å². The number of carbonyl (C=O) groups is 1. The van der Waals surface area contributed by atoms with Gasteiger partial charge in [-0.15, -0.1) is 0 Å². The number of rotatable bonds is 6. The third-order valence-electron chi connectivity index (χ3n) is 2.90. The maximum atomic E-state index is 10.5. The van der Waals surface area contributed by atoms with Gasteiger partial charge in [-0.25, -0.2) is 0 Å². The molecule has 0 saturated heterocycles. The third-order valence-corrected chi connectivity index (χ3v) is 3.14. The molecule has 0 saturated carbocycles. The molecule has 0 aliphatic heterocycles. The predicted octanol–water partition coefficient (Wildman–Crippen LogP) is 2.17. The highest BCUT2D eigenvalue weighted by atomic mass is 35.5. The van der Waals surface area contributed by atoms with Crippen molar-refractivity contribution in [2.45, 2.75) is 25.5 Å². The first-order valence-electron chi connectivity index (χ1n) is 5.75. The van der Waals surface area contributed by atoms with Crippen LogP contribution >= 0.6 is 11.6 Å². The van der Waals surface area contributed by atoms with Gasteiger partial charge in [-0.2, -0.15) is 0 Å². The minimum absolute atomic E-state index is 0.0622. The van der Waals surface area contributed by atoms with Gasteiger partial charge in [-0.3, -0.25) is 9.69 Å². The molecular weight excluding hydrogens is 254 g/mol. The second kappa shape index (κ2) is 6.73. The number of aliphatic carboxylic acids is 1.